The number of sulfonamides is 1. The molecule has 0 bridgehead atoms. The van der Waals surface area contributed by atoms with Gasteiger partial charge in [-0.25, -0.2) is 22.3 Å². The number of nitrogens with two attached hydrogens (primary N) is 1. The van der Waals surface area contributed by atoms with Gasteiger partial charge in [0.25, 0.3) is 0 Å². The first kappa shape index (κ1) is 15.6. The molecule has 120 valence electrons. The molecule has 0 radical (unpaired) electrons. The van der Waals surface area contributed by atoms with Crippen molar-refractivity contribution in [1.29, 1.82) is 0 Å². The number of Topliss-reactive ketones (excluding diaryl/α,β-unsaturated/α-hetero) is 1. The largest absolute Gasteiger partial charge is 0.485 e. The van der Waals surface area contributed by atoms with Crippen LogP contribution < -0.4 is 9.88 Å². The highest BCUT2D eigenvalue weighted by atomic mass is 32.2. The van der Waals surface area contributed by atoms with Crippen LogP contribution in [0.2, 0.25) is 0 Å². The van der Waals surface area contributed by atoms with Crippen LogP contribution in [0.4, 0.5) is 8.78 Å². The maximum atomic E-state index is 13.2. The number of hydrogen-bond donors (Lipinski definition) is 1. The van der Waals surface area contributed by atoms with Crippen molar-refractivity contribution in [3.63, 3.8) is 0 Å². The third kappa shape index (κ3) is 2.95. The Kier molecular flexibility index (Phi) is 3.65. The lowest BCUT2D eigenvalue weighted by molar-refractivity contribution is 0.0944. The van der Waals surface area contributed by atoms with Crippen LogP contribution >= 0.6 is 0 Å². The molecule has 0 saturated carbocycles. The van der Waals surface area contributed by atoms with E-state index in [4.69, 9.17) is 9.88 Å². The molecule has 5 nitrogen and oxygen atoms in total. The Morgan fingerprint density at radius 2 is 1.78 bits per heavy atom. The molecule has 0 fully saturated rings. The number of ketones is 1. The third-order valence-corrected chi connectivity index (χ3v) is 4.43. The second-order valence-corrected chi connectivity index (χ2v) is 6.63. The molecule has 1 atom stereocenters. The number of fused-ring (bicyclic) bond motifs is 1. The maximum absolute atomic E-state index is 13.2. The lowest BCUT2D eigenvalue weighted by Crippen LogP contribution is -2.15. The van der Waals surface area contributed by atoms with Gasteiger partial charge in [0.05, 0.1) is 11.3 Å². The summed E-state index contributed by atoms with van der Waals surface area (Å²) in [5.74, 6) is -2.17. The summed E-state index contributed by atoms with van der Waals surface area (Å²) >= 11 is 0. The molecule has 1 aliphatic rings. The Hall–Kier alpha value is -2.32. The number of carbonyl (C=O) groups is 1. The monoisotopic (exact) mass is 339 g/mol. The first-order chi connectivity index (χ1) is 10.8. The van der Waals surface area contributed by atoms with Gasteiger partial charge < -0.3 is 4.74 Å². The van der Waals surface area contributed by atoms with E-state index >= 15 is 0 Å². The summed E-state index contributed by atoms with van der Waals surface area (Å²) in [4.78, 5) is 11.8. The fourth-order valence-corrected chi connectivity index (χ4v) is 3.38. The molecule has 1 aliphatic carbocycles. The SMILES string of the molecule is NS(=O)(=O)c1cccc2c1C(=O)CC2Oc1cc(F)cc(F)c1. The number of ether oxygens (including phenoxy) is 1. The van der Waals surface area contributed by atoms with Gasteiger partial charge in [-0.1, -0.05) is 12.1 Å². The quantitative estimate of drug-likeness (QED) is 0.930. The number of benzene rings is 2. The van der Waals surface area contributed by atoms with Gasteiger partial charge in [0, 0.05) is 29.3 Å². The average Bonchev–Trinajstić information content (AvgIpc) is 2.73. The van der Waals surface area contributed by atoms with Gasteiger partial charge in [-0.2, -0.15) is 0 Å². The van der Waals surface area contributed by atoms with Crippen molar-refractivity contribution in [3.05, 3.63) is 59.2 Å². The summed E-state index contributed by atoms with van der Waals surface area (Å²) < 4.78 is 55.0. The van der Waals surface area contributed by atoms with E-state index in [0.29, 0.717) is 11.6 Å². The van der Waals surface area contributed by atoms with Gasteiger partial charge in [0.2, 0.25) is 10.0 Å². The van der Waals surface area contributed by atoms with E-state index in [1.807, 2.05) is 0 Å². The molecule has 2 aromatic carbocycles. The van der Waals surface area contributed by atoms with Gasteiger partial charge in [0.1, 0.15) is 23.5 Å². The Bertz CT molecular complexity index is 891. The second kappa shape index (κ2) is 5.39. The molecule has 1 unspecified atom stereocenters. The van der Waals surface area contributed by atoms with Crippen molar-refractivity contribution in [2.45, 2.75) is 17.4 Å². The molecule has 2 N–H and O–H groups in total. The molecule has 3 rings (SSSR count). The van der Waals surface area contributed by atoms with E-state index < -0.39 is 33.5 Å². The summed E-state index contributed by atoms with van der Waals surface area (Å²) in [5, 5.41) is 5.11. The number of primary sulfonamides is 1. The van der Waals surface area contributed by atoms with Crippen LogP contribution in [-0.2, 0) is 10.0 Å². The number of rotatable bonds is 3. The van der Waals surface area contributed by atoms with Crippen LogP contribution in [0.1, 0.15) is 28.4 Å². The van der Waals surface area contributed by atoms with Crippen LogP contribution in [-0.4, -0.2) is 14.2 Å². The molecular formula is C15H11F2NO4S. The van der Waals surface area contributed by atoms with E-state index in [-0.39, 0.29) is 22.6 Å². The summed E-state index contributed by atoms with van der Waals surface area (Å²) in [7, 11) is -4.07. The molecular weight excluding hydrogens is 328 g/mol. The smallest absolute Gasteiger partial charge is 0.238 e. The fraction of sp³-hybridized carbons (Fsp3) is 0.133. The number of halogens is 2. The predicted octanol–water partition coefficient (Wildman–Crippen LogP) is 2.32. The molecule has 0 spiro atoms. The van der Waals surface area contributed by atoms with E-state index in [1.165, 1.54) is 18.2 Å². The highest BCUT2D eigenvalue weighted by Crippen LogP contribution is 2.38. The Labute approximate surface area is 130 Å². The lowest BCUT2D eigenvalue weighted by Gasteiger charge is -2.14. The lowest BCUT2D eigenvalue weighted by atomic mass is 10.1. The molecule has 0 heterocycles. The average molecular weight is 339 g/mol. The van der Waals surface area contributed by atoms with E-state index in [0.717, 1.165) is 12.1 Å². The Balaban J connectivity index is 2.02. The molecule has 8 heteroatoms. The third-order valence-electron chi connectivity index (χ3n) is 3.48. The van der Waals surface area contributed by atoms with Crippen molar-refractivity contribution < 1.29 is 26.7 Å². The minimum Gasteiger partial charge on any atom is -0.485 e. The zero-order valence-corrected chi connectivity index (χ0v) is 12.4. The van der Waals surface area contributed by atoms with E-state index in [1.54, 1.807) is 0 Å². The first-order valence-corrected chi connectivity index (χ1v) is 8.12. The topological polar surface area (TPSA) is 86.5 Å². The van der Waals surface area contributed by atoms with Gasteiger partial charge in [-0.05, 0) is 6.07 Å². The van der Waals surface area contributed by atoms with Crippen LogP contribution in [0.15, 0.2) is 41.3 Å². The minimum absolute atomic E-state index is 0.0307. The van der Waals surface area contributed by atoms with E-state index in [9.17, 15) is 22.0 Å². The zero-order valence-electron chi connectivity index (χ0n) is 11.6. The zero-order chi connectivity index (χ0) is 16.8. The van der Waals surface area contributed by atoms with Crippen molar-refractivity contribution >= 4 is 15.8 Å². The molecule has 23 heavy (non-hydrogen) atoms. The summed E-state index contributed by atoms with van der Waals surface area (Å²) in [6, 6.07) is 6.84. The standard InChI is InChI=1S/C15H11F2NO4S/c16-8-4-9(17)6-10(5-8)22-13-7-12(19)15-11(13)2-1-3-14(15)23(18,20)21/h1-6,13H,7H2,(H2,18,20,21). The number of carbonyl (C=O) groups excluding carboxylic acids is 1. The maximum Gasteiger partial charge on any atom is 0.238 e. The van der Waals surface area contributed by atoms with Crippen LogP contribution in [0.3, 0.4) is 0 Å². The van der Waals surface area contributed by atoms with Gasteiger partial charge in [0.15, 0.2) is 5.78 Å². The van der Waals surface area contributed by atoms with Crippen molar-refractivity contribution in [2.24, 2.45) is 5.14 Å². The minimum atomic E-state index is -4.07. The fourth-order valence-electron chi connectivity index (χ4n) is 2.60. The first-order valence-electron chi connectivity index (χ1n) is 6.57. The van der Waals surface area contributed by atoms with Crippen molar-refractivity contribution in [3.8, 4) is 5.75 Å². The normalized spacial score (nSPS) is 17.2. The van der Waals surface area contributed by atoms with Gasteiger partial charge in [-0.15, -0.1) is 0 Å². The predicted molar refractivity (Wildman–Crippen MR) is 76.5 cm³/mol. The molecule has 0 aromatic heterocycles. The molecule has 0 saturated heterocycles. The Morgan fingerprint density at radius 1 is 1.13 bits per heavy atom. The van der Waals surface area contributed by atoms with Crippen LogP contribution in [0.25, 0.3) is 0 Å². The summed E-state index contributed by atoms with van der Waals surface area (Å²) in [6.07, 6.45) is -0.972. The molecule has 0 aliphatic heterocycles. The highest BCUT2D eigenvalue weighted by molar-refractivity contribution is 7.89. The van der Waals surface area contributed by atoms with Gasteiger partial charge >= 0.3 is 0 Å². The van der Waals surface area contributed by atoms with Crippen molar-refractivity contribution in [1.82, 2.24) is 0 Å². The molecule has 2 aromatic rings. The van der Waals surface area contributed by atoms with Crippen molar-refractivity contribution in [2.75, 3.05) is 0 Å². The molecule has 0 amide bonds. The van der Waals surface area contributed by atoms with E-state index in [2.05, 4.69) is 0 Å². The van der Waals surface area contributed by atoms with Crippen LogP contribution in [0.5, 0.6) is 5.75 Å². The second-order valence-electron chi connectivity index (χ2n) is 5.10. The highest BCUT2D eigenvalue weighted by Gasteiger charge is 2.35. The number of hydrogen-bond acceptors (Lipinski definition) is 4. The van der Waals surface area contributed by atoms with Crippen LogP contribution in [0, 0.1) is 11.6 Å². The van der Waals surface area contributed by atoms with Gasteiger partial charge in [-0.3, -0.25) is 4.79 Å². The summed E-state index contributed by atoms with van der Waals surface area (Å²) in [6.45, 7) is 0. The Morgan fingerprint density at radius 3 is 2.39 bits per heavy atom. The summed E-state index contributed by atoms with van der Waals surface area (Å²) in [5.41, 5.74) is 0.295.